The zero-order valence-corrected chi connectivity index (χ0v) is 9.38. The number of aromatic nitrogens is 3. The number of pyridine rings is 1. The molecule has 2 aromatic heterocycles. The highest BCUT2D eigenvalue weighted by molar-refractivity contribution is 5.91. The van der Waals surface area contributed by atoms with Gasteiger partial charge >= 0.3 is 5.76 Å². The lowest BCUT2D eigenvalue weighted by Gasteiger charge is -2.13. The predicted octanol–water partition coefficient (Wildman–Crippen LogP) is 0.169. The molecule has 0 atom stereocenters. The summed E-state index contributed by atoms with van der Waals surface area (Å²) in [6.07, 6.45) is 0. The van der Waals surface area contributed by atoms with Crippen molar-refractivity contribution in [3.63, 3.8) is 0 Å². The number of rotatable bonds is 3. The lowest BCUT2D eigenvalue weighted by molar-refractivity contribution is 0.0765. The average Bonchev–Trinajstić information content (AvgIpc) is 2.73. The van der Waals surface area contributed by atoms with Crippen LogP contribution in [0.5, 0.6) is 0 Å². The smallest absolute Gasteiger partial charge is 0.391 e. The van der Waals surface area contributed by atoms with Crippen molar-refractivity contribution < 1.29 is 13.6 Å². The van der Waals surface area contributed by atoms with E-state index >= 15 is 0 Å². The van der Waals surface area contributed by atoms with Crippen LogP contribution >= 0.6 is 0 Å². The number of H-pyrrole nitrogens is 1. The highest BCUT2D eigenvalue weighted by atomic mass is 19.1. The van der Waals surface area contributed by atoms with Crippen LogP contribution in [0.25, 0.3) is 0 Å². The van der Waals surface area contributed by atoms with Gasteiger partial charge in [-0.3, -0.25) is 4.79 Å². The van der Waals surface area contributed by atoms with Crippen molar-refractivity contribution in [2.45, 2.75) is 6.54 Å². The molecule has 7 nitrogen and oxygen atoms in total. The molecule has 94 valence electrons. The van der Waals surface area contributed by atoms with Crippen LogP contribution in [-0.4, -0.2) is 33.0 Å². The summed E-state index contributed by atoms with van der Waals surface area (Å²) in [7, 11) is 1.46. The summed E-state index contributed by atoms with van der Waals surface area (Å²) in [5.41, 5.74) is -0.0321. The average molecular weight is 252 g/mol. The van der Waals surface area contributed by atoms with Gasteiger partial charge in [-0.1, -0.05) is 6.07 Å². The largest absolute Gasteiger partial charge is 0.434 e. The fraction of sp³-hybridized carbons (Fsp3) is 0.200. The summed E-state index contributed by atoms with van der Waals surface area (Å²) >= 11 is 0. The molecule has 1 amide bonds. The Hall–Kier alpha value is -2.51. The van der Waals surface area contributed by atoms with Crippen LogP contribution in [0.2, 0.25) is 0 Å². The van der Waals surface area contributed by atoms with E-state index in [1.54, 1.807) is 0 Å². The van der Waals surface area contributed by atoms with Gasteiger partial charge in [0.05, 0.1) is 6.54 Å². The molecule has 0 bridgehead atoms. The van der Waals surface area contributed by atoms with Crippen LogP contribution in [0.1, 0.15) is 16.4 Å². The molecule has 0 spiro atoms. The quantitative estimate of drug-likeness (QED) is 0.786. The molecule has 0 aliphatic carbocycles. The molecule has 2 rings (SSSR count). The number of carbonyl (C=O) groups is 1. The molecule has 0 saturated carbocycles. The van der Waals surface area contributed by atoms with E-state index in [2.05, 4.69) is 19.6 Å². The standard InChI is InChI=1S/C10H9FN4O3/c1-15(5-8-13-14-10(17)18-8)9(16)6-3-2-4-7(11)12-6/h2-4H,5H2,1H3,(H,14,17). The predicted molar refractivity (Wildman–Crippen MR) is 57.1 cm³/mol. The zero-order chi connectivity index (χ0) is 13.1. The second-order valence-electron chi connectivity index (χ2n) is 3.51. The number of nitrogens with one attached hydrogen (secondary N) is 1. The first-order chi connectivity index (χ1) is 8.56. The molecule has 18 heavy (non-hydrogen) atoms. The van der Waals surface area contributed by atoms with Crippen LogP contribution in [-0.2, 0) is 6.54 Å². The molecule has 0 aliphatic heterocycles. The van der Waals surface area contributed by atoms with Crippen molar-refractivity contribution in [3.05, 3.63) is 46.3 Å². The Morgan fingerprint density at radius 1 is 1.56 bits per heavy atom. The molecule has 0 aromatic carbocycles. The first kappa shape index (κ1) is 12.0. The van der Waals surface area contributed by atoms with Gasteiger partial charge in [0.1, 0.15) is 5.69 Å². The molecular formula is C10H9FN4O3. The Balaban J connectivity index is 2.11. The molecule has 8 heteroatoms. The summed E-state index contributed by atoms with van der Waals surface area (Å²) in [6, 6.07) is 3.92. The van der Waals surface area contributed by atoms with Crippen molar-refractivity contribution in [2.24, 2.45) is 0 Å². The topological polar surface area (TPSA) is 92.1 Å². The van der Waals surface area contributed by atoms with E-state index < -0.39 is 17.6 Å². The van der Waals surface area contributed by atoms with E-state index in [1.165, 1.54) is 24.1 Å². The zero-order valence-electron chi connectivity index (χ0n) is 9.38. The molecule has 0 radical (unpaired) electrons. The first-order valence-corrected chi connectivity index (χ1v) is 4.98. The maximum absolute atomic E-state index is 12.9. The Bertz CT molecular complexity index is 621. The Labute approximate surface area is 100 Å². The van der Waals surface area contributed by atoms with Crippen molar-refractivity contribution in [1.29, 1.82) is 0 Å². The maximum atomic E-state index is 12.9. The summed E-state index contributed by atoms with van der Waals surface area (Å²) in [5, 5.41) is 5.63. The summed E-state index contributed by atoms with van der Waals surface area (Å²) in [6.45, 7) is -0.0181. The van der Waals surface area contributed by atoms with Crippen molar-refractivity contribution >= 4 is 5.91 Å². The molecule has 1 N–H and O–H groups in total. The minimum atomic E-state index is -0.736. The Morgan fingerprint density at radius 3 is 2.94 bits per heavy atom. The number of hydrogen-bond acceptors (Lipinski definition) is 5. The van der Waals surface area contributed by atoms with Crippen LogP contribution in [0.4, 0.5) is 4.39 Å². The molecular weight excluding hydrogens is 243 g/mol. The summed E-state index contributed by atoms with van der Waals surface area (Å²) in [4.78, 5) is 27.2. The number of hydrogen-bond donors (Lipinski definition) is 1. The molecule has 2 aromatic rings. The Morgan fingerprint density at radius 2 is 2.33 bits per heavy atom. The van der Waals surface area contributed by atoms with Crippen molar-refractivity contribution in [1.82, 2.24) is 20.1 Å². The van der Waals surface area contributed by atoms with Gasteiger partial charge in [-0.05, 0) is 12.1 Å². The third kappa shape index (κ3) is 2.59. The SMILES string of the molecule is CN(Cc1n[nH]c(=O)o1)C(=O)c1cccc(F)n1. The third-order valence-corrected chi connectivity index (χ3v) is 2.14. The molecule has 2 heterocycles. The minimum absolute atomic E-state index is 0.0181. The van der Waals surface area contributed by atoms with E-state index in [4.69, 9.17) is 0 Å². The van der Waals surface area contributed by atoms with Crippen LogP contribution in [0.15, 0.2) is 27.4 Å². The third-order valence-electron chi connectivity index (χ3n) is 2.14. The number of aromatic amines is 1. The number of carbonyl (C=O) groups excluding carboxylic acids is 1. The summed E-state index contributed by atoms with van der Waals surface area (Å²) < 4.78 is 17.5. The lowest BCUT2D eigenvalue weighted by atomic mass is 10.3. The normalized spacial score (nSPS) is 10.3. The minimum Gasteiger partial charge on any atom is -0.391 e. The second-order valence-corrected chi connectivity index (χ2v) is 3.51. The molecule has 0 unspecified atom stereocenters. The van der Waals surface area contributed by atoms with Gasteiger partial charge in [-0.25, -0.2) is 14.9 Å². The van der Waals surface area contributed by atoms with Gasteiger partial charge in [-0.15, -0.1) is 5.10 Å². The van der Waals surface area contributed by atoms with E-state index in [0.29, 0.717) is 0 Å². The summed E-state index contributed by atoms with van der Waals surface area (Å²) in [5.74, 6) is -1.87. The van der Waals surface area contributed by atoms with Crippen molar-refractivity contribution in [2.75, 3.05) is 7.05 Å². The fourth-order valence-electron chi connectivity index (χ4n) is 1.33. The second kappa shape index (κ2) is 4.78. The van der Waals surface area contributed by atoms with Gasteiger partial charge in [0, 0.05) is 7.05 Å². The lowest BCUT2D eigenvalue weighted by Crippen LogP contribution is -2.27. The van der Waals surface area contributed by atoms with Gasteiger partial charge in [0.25, 0.3) is 5.91 Å². The highest BCUT2D eigenvalue weighted by Gasteiger charge is 2.16. The van der Waals surface area contributed by atoms with E-state index in [0.717, 1.165) is 6.07 Å². The molecule has 0 aliphatic rings. The molecule has 0 saturated heterocycles. The van der Waals surface area contributed by atoms with Gasteiger partial charge in [0.2, 0.25) is 11.8 Å². The number of amides is 1. The monoisotopic (exact) mass is 252 g/mol. The van der Waals surface area contributed by atoms with Crippen LogP contribution in [0.3, 0.4) is 0 Å². The highest BCUT2D eigenvalue weighted by Crippen LogP contribution is 2.04. The van der Waals surface area contributed by atoms with Crippen LogP contribution in [0, 0.1) is 5.95 Å². The van der Waals surface area contributed by atoms with Gasteiger partial charge in [-0.2, -0.15) is 4.39 Å². The number of nitrogens with zero attached hydrogens (tertiary/aromatic N) is 3. The van der Waals surface area contributed by atoms with Gasteiger partial charge in [0.15, 0.2) is 0 Å². The Kier molecular flexibility index (Phi) is 3.18. The number of halogens is 1. The van der Waals surface area contributed by atoms with Gasteiger partial charge < -0.3 is 9.32 Å². The maximum Gasteiger partial charge on any atom is 0.434 e. The first-order valence-electron chi connectivity index (χ1n) is 4.98. The van der Waals surface area contributed by atoms with Crippen molar-refractivity contribution in [3.8, 4) is 0 Å². The van der Waals surface area contributed by atoms with E-state index in [9.17, 15) is 14.0 Å². The van der Waals surface area contributed by atoms with Crippen LogP contribution < -0.4 is 5.76 Å². The van der Waals surface area contributed by atoms with E-state index in [1.807, 2.05) is 0 Å². The van der Waals surface area contributed by atoms with E-state index in [-0.39, 0.29) is 18.1 Å². The fourth-order valence-corrected chi connectivity index (χ4v) is 1.33. The molecule has 0 fully saturated rings.